The van der Waals surface area contributed by atoms with E-state index in [1.807, 2.05) is 18.2 Å². The fraction of sp³-hybridized carbons (Fsp3) is 0.647. The third-order valence-electron chi connectivity index (χ3n) is 3.47. The summed E-state index contributed by atoms with van der Waals surface area (Å²) in [5.74, 6) is 1.87. The van der Waals surface area contributed by atoms with Crippen molar-refractivity contribution in [2.75, 3.05) is 14.2 Å². The maximum atomic E-state index is 5.54. The molecule has 0 amide bonds. The van der Waals surface area contributed by atoms with Crippen LogP contribution in [0.3, 0.4) is 0 Å². The second-order valence-corrected chi connectivity index (χ2v) is 10.9. The molecule has 0 aliphatic carbocycles. The first-order valence-corrected chi connectivity index (χ1v) is 8.61. The Hall–Kier alpha value is -0.750. The molecule has 0 heterocycles. The van der Waals surface area contributed by atoms with E-state index in [1.54, 1.807) is 14.2 Å². The summed E-state index contributed by atoms with van der Waals surface area (Å²) in [4.78, 5) is 0. The molecule has 0 spiro atoms. The van der Waals surface area contributed by atoms with Crippen LogP contribution in [0.1, 0.15) is 47.1 Å². The average Bonchev–Trinajstić information content (AvgIpc) is 2.32. The molecule has 20 heavy (non-hydrogen) atoms. The van der Waals surface area contributed by atoms with Crippen molar-refractivity contribution >= 4 is 7.92 Å². The molecular formula is C17H29O2P. The molecule has 0 atom stereocenters. The van der Waals surface area contributed by atoms with Gasteiger partial charge in [0.1, 0.15) is 11.5 Å². The van der Waals surface area contributed by atoms with Crippen LogP contribution in [0.2, 0.25) is 0 Å². The molecule has 2 nitrogen and oxygen atoms in total. The minimum atomic E-state index is -0.223. The topological polar surface area (TPSA) is 18.5 Å². The van der Waals surface area contributed by atoms with E-state index in [1.165, 1.54) is 5.56 Å². The summed E-state index contributed by atoms with van der Waals surface area (Å²) in [6, 6.07) is 6.03. The van der Waals surface area contributed by atoms with Gasteiger partial charge in [-0.15, -0.1) is 0 Å². The highest BCUT2D eigenvalue weighted by Gasteiger charge is 2.35. The van der Waals surface area contributed by atoms with Gasteiger partial charge in [-0.1, -0.05) is 55.5 Å². The monoisotopic (exact) mass is 296 g/mol. The van der Waals surface area contributed by atoms with E-state index in [0.29, 0.717) is 10.3 Å². The molecule has 3 heteroatoms. The van der Waals surface area contributed by atoms with Crippen LogP contribution in [0.15, 0.2) is 18.2 Å². The van der Waals surface area contributed by atoms with Crippen LogP contribution in [-0.2, 0) is 6.16 Å². The molecule has 0 unspecified atom stereocenters. The summed E-state index contributed by atoms with van der Waals surface area (Å²) < 4.78 is 11.1. The lowest BCUT2D eigenvalue weighted by molar-refractivity contribution is 0.388. The predicted molar refractivity (Wildman–Crippen MR) is 89.7 cm³/mol. The van der Waals surface area contributed by atoms with E-state index in [9.17, 15) is 0 Å². The minimum Gasteiger partial charge on any atom is -0.496 e. The van der Waals surface area contributed by atoms with Crippen molar-refractivity contribution in [3.8, 4) is 11.5 Å². The number of rotatable bonds is 4. The van der Waals surface area contributed by atoms with Gasteiger partial charge in [0.25, 0.3) is 0 Å². The molecule has 114 valence electrons. The van der Waals surface area contributed by atoms with Crippen LogP contribution in [0.25, 0.3) is 0 Å². The highest BCUT2D eigenvalue weighted by Crippen LogP contribution is 2.62. The lowest BCUT2D eigenvalue weighted by Crippen LogP contribution is -2.26. The molecule has 1 aromatic carbocycles. The Balaban J connectivity index is 3.24. The Morgan fingerprint density at radius 3 is 1.55 bits per heavy atom. The van der Waals surface area contributed by atoms with Crippen molar-refractivity contribution in [1.29, 1.82) is 0 Å². The molecule has 0 saturated carbocycles. The maximum Gasteiger partial charge on any atom is 0.126 e. The first-order chi connectivity index (χ1) is 9.11. The zero-order valence-corrected chi connectivity index (χ0v) is 15.1. The van der Waals surface area contributed by atoms with E-state index >= 15 is 0 Å². The summed E-state index contributed by atoms with van der Waals surface area (Å²) in [7, 11) is 3.24. The van der Waals surface area contributed by atoms with Crippen LogP contribution in [0.5, 0.6) is 11.5 Å². The first kappa shape index (κ1) is 17.3. The lowest BCUT2D eigenvalue weighted by Gasteiger charge is -2.42. The summed E-state index contributed by atoms with van der Waals surface area (Å²) in [5, 5.41) is 0.582. The summed E-state index contributed by atoms with van der Waals surface area (Å²) in [6.45, 7) is 14.0. The molecule has 1 aromatic rings. The van der Waals surface area contributed by atoms with Crippen LogP contribution in [0.4, 0.5) is 0 Å². The van der Waals surface area contributed by atoms with Gasteiger partial charge in [-0.2, -0.15) is 0 Å². The molecular weight excluding hydrogens is 267 g/mol. The number of methoxy groups -OCH3 is 2. The van der Waals surface area contributed by atoms with E-state index in [4.69, 9.17) is 9.47 Å². The Morgan fingerprint density at radius 2 is 1.25 bits per heavy atom. The second-order valence-electron chi connectivity index (χ2n) is 7.07. The Kier molecular flexibility index (Phi) is 5.49. The standard InChI is InChI=1S/C17H29O2P/c1-16(2,3)20(17(4,5)6)12-13-14(18-7)10-9-11-15(13)19-8/h9-11H,12H2,1-8H3. The Morgan fingerprint density at radius 1 is 0.850 bits per heavy atom. The summed E-state index contributed by atoms with van der Waals surface area (Å²) in [6.07, 6.45) is 1.02. The fourth-order valence-electron chi connectivity index (χ4n) is 2.72. The van der Waals surface area contributed by atoms with Gasteiger partial charge in [-0.3, -0.25) is 0 Å². The van der Waals surface area contributed by atoms with Crippen molar-refractivity contribution in [2.45, 2.75) is 58.0 Å². The van der Waals surface area contributed by atoms with Crippen LogP contribution in [-0.4, -0.2) is 24.5 Å². The molecule has 0 saturated heterocycles. The van der Waals surface area contributed by atoms with Crippen molar-refractivity contribution in [2.24, 2.45) is 0 Å². The number of hydrogen-bond donors (Lipinski definition) is 0. The smallest absolute Gasteiger partial charge is 0.126 e. The maximum absolute atomic E-state index is 5.54. The zero-order valence-electron chi connectivity index (χ0n) is 14.2. The molecule has 0 bridgehead atoms. The first-order valence-electron chi connectivity index (χ1n) is 7.09. The van der Waals surface area contributed by atoms with Crippen molar-refractivity contribution in [3.63, 3.8) is 0 Å². The quantitative estimate of drug-likeness (QED) is 0.703. The third kappa shape index (κ3) is 4.12. The Bertz CT molecular complexity index is 405. The predicted octanol–water partition coefficient (Wildman–Crippen LogP) is 5.28. The molecule has 1 rings (SSSR count). The van der Waals surface area contributed by atoms with Crippen molar-refractivity contribution in [1.82, 2.24) is 0 Å². The van der Waals surface area contributed by atoms with Crippen LogP contribution < -0.4 is 9.47 Å². The van der Waals surface area contributed by atoms with Crippen LogP contribution in [0, 0.1) is 0 Å². The minimum absolute atomic E-state index is 0.223. The van der Waals surface area contributed by atoms with Gasteiger partial charge in [0.05, 0.1) is 14.2 Å². The number of hydrogen-bond acceptors (Lipinski definition) is 2. The normalized spacial score (nSPS) is 12.7. The average molecular weight is 296 g/mol. The van der Waals surface area contributed by atoms with Crippen molar-refractivity contribution in [3.05, 3.63) is 23.8 Å². The van der Waals surface area contributed by atoms with Gasteiger partial charge in [0.2, 0.25) is 0 Å². The van der Waals surface area contributed by atoms with Gasteiger partial charge < -0.3 is 9.47 Å². The molecule has 0 N–H and O–H groups in total. The largest absolute Gasteiger partial charge is 0.496 e. The third-order valence-corrected chi connectivity index (χ3v) is 7.34. The lowest BCUT2D eigenvalue weighted by atomic mass is 10.2. The zero-order chi connectivity index (χ0) is 15.6. The van der Waals surface area contributed by atoms with E-state index in [2.05, 4.69) is 41.5 Å². The van der Waals surface area contributed by atoms with Gasteiger partial charge in [0, 0.05) is 11.7 Å². The summed E-state index contributed by atoms with van der Waals surface area (Å²) >= 11 is 0. The summed E-state index contributed by atoms with van der Waals surface area (Å²) in [5.41, 5.74) is 1.20. The molecule has 0 aliphatic heterocycles. The fourth-order valence-corrected chi connectivity index (χ4v) is 6.31. The van der Waals surface area contributed by atoms with Gasteiger partial charge >= 0.3 is 0 Å². The van der Waals surface area contributed by atoms with Gasteiger partial charge in [-0.05, 0) is 22.4 Å². The number of benzene rings is 1. The molecule has 0 fully saturated rings. The van der Waals surface area contributed by atoms with Gasteiger partial charge in [0.15, 0.2) is 0 Å². The van der Waals surface area contributed by atoms with Gasteiger partial charge in [-0.25, -0.2) is 0 Å². The molecule has 0 radical (unpaired) electrons. The van der Waals surface area contributed by atoms with E-state index < -0.39 is 0 Å². The number of ether oxygens (including phenoxy) is 2. The Labute approximate surface area is 125 Å². The molecule has 0 aliphatic rings. The highest BCUT2D eigenvalue weighted by molar-refractivity contribution is 7.60. The van der Waals surface area contributed by atoms with Crippen molar-refractivity contribution < 1.29 is 9.47 Å². The van der Waals surface area contributed by atoms with E-state index in [0.717, 1.165) is 17.7 Å². The molecule has 0 aromatic heterocycles. The van der Waals surface area contributed by atoms with Crippen LogP contribution >= 0.6 is 7.92 Å². The highest BCUT2D eigenvalue weighted by atomic mass is 31.1. The van der Waals surface area contributed by atoms with E-state index in [-0.39, 0.29) is 7.92 Å². The second kappa shape index (κ2) is 6.35. The SMILES string of the molecule is COc1cccc(OC)c1CP(C(C)(C)C)C(C)(C)C.